The number of hydrogen-bond donors (Lipinski definition) is 1. The summed E-state index contributed by atoms with van der Waals surface area (Å²) in [4.78, 5) is 12.7. The summed E-state index contributed by atoms with van der Waals surface area (Å²) >= 11 is 0. The van der Waals surface area contributed by atoms with E-state index in [4.69, 9.17) is 0 Å². The molecule has 0 radical (unpaired) electrons. The first-order valence-electron chi connectivity index (χ1n) is 8.85. The fourth-order valence-corrected chi connectivity index (χ4v) is 2.89. The molecule has 0 saturated heterocycles. The Bertz CT molecular complexity index is 450. The van der Waals surface area contributed by atoms with Crippen LogP contribution in [0.15, 0.2) is 18.2 Å². The highest BCUT2D eigenvalue weighted by Crippen LogP contribution is 2.33. The fourth-order valence-electron chi connectivity index (χ4n) is 2.89. The van der Waals surface area contributed by atoms with Crippen LogP contribution in [0.5, 0.6) is 0 Å². The molecule has 0 spiro atoms. The maximum atomic E-state index is 12.7. The van der Waals surface area contributed by atoms with Gasteiger partial charge in [-0.2, -0.15) is 0 Å². The molecule has 0 saturated carbocycles. The van der Waals surface area contributed by atoms with Crippen LogP contribution in [-0.4, -0.2) is 5.91 Å². The monoisotopic (exact) mass is 303 g/mol. The van der Waals surface area contributed by atoms with E-state index in [0.29, 0.717) is 11.8 Å². The van der Waals surface area contributed by atoms with Crippen molar-refractivity contribution in [3.63, 3.8) is 0 Å². The van der Waals surface area contributed by atoms with Crippen molar-refractivity contribution in [1.29, 1.82) is 0 Å². The Morgan fingerprint density at radius 1 is 1.05 bits per heavy atom. The van der Waals surface area contributed by atoms with Gasteiger partial charge in [0.15, 0.2) is 0 Å². The quantitative estimate of drug-likeness (QED) is 0.618. The van der Waals surface area contributed by atoms with Crippen LogP contribution in [0, 0.1) is 5.92 Å². The van der Waals surface area contributed by atoms with E-state index in [9.17, 15) is 4.79 Å². The zero-order valence-corrected chi connectivity index (χ0v) is 15.2. The third-order valence-electron chi connectivity index (χ3n) is 4.39. The second kappa shape index (κ2) is 8.97. The minimum atomic E-state index is 0.125. The summed E-state index contributed by atoms with van der Waals surface area (Å²) in [6.07, 6.45) is 4.16. The van der Waals surface area contributed by atoms with Crippen LogP contribution in [0.25, 0.3) is 0 Å². The number of hydrogen-bond acceptors (Lipinski definition) is 1. The zero-order chi connectivity index (χ0) is 16.7. The first-order chi connectivity index (χ1) is 10.4. The van der Waals surface area contributed by atoms with Crippen molar-refractivity contribution in [3.8, 4) is 0 Å². The molecule has 0 aliphatic rings. The Morgan fingerprint density at radius 2 is 1.59 bits per heavy atom. The number of nitrogens with one attached hydrogen (secondary N) is 1. The van der Waals surface area contributed by atoms with Crippen molar-refractivity contribution in [3.05, 3.63) is 29.3 Å². The van der Waals surface area contributed by atoms with Crippen LogP contribution in [0.4, 0.5) is 5.69 Å². The number of unbranched alkanes of at least 4 members (excludes halogenated alkanes) is 1. The standard InChI is InChI=1S/C20H33NO/c1-7-9-11-16(8-2)20(22)21-19-17(14(3)4)12-10-13-18(19)15(5)6/h10,12-16H,7-9,11H2,1-6H3,(H,21,22)/t16-/m1/s1. The topological polar surface area (TPSA) is 29.1 Å². The van der Waals surface area contributed by atoms with E-state index in [1.54, 1.807) is 0 Å². The molecular formula is C20H33NO. The van der Waals surface area contributed by atoms with Crippen LogP contribution in [-0.2, 0) is 4.79 Å². The van der Waals surface area contributed by atoms with E-state index >= 15 is 0 Å². The third kappa shape index (κ3) is 4.86. The average molecular weight is 303 g/mol. The van der Waals surface area contributed by atoms with Gasteiger partial charge >= 0.3 is 0 Å². The predicted molar refractivity (Wildman–Crippen MR) is 96.6 cm³/mol. The number of para-hydroxylation sites is 1. The zero-order valence-electron chi connectivity index (χ0n) is 15.2. The Morgan fingerprint density at radius 3 is 2.00 bits per heavy atom. The molecule has 0 heterocycles. The molecule has 0 fully saturated rings. The molecule has 1 atom stereocenters. The van der Waals surface area contributed by atoms with Crippen molar-refractivity contribution in [2.75, 3.05) is 5.32 Å². The van der Waals surface area contributed by atoms with Gasteiger partial charge in [-0.05, 0) is 35.8 Å². The van der Waals surface area contributed by atoms with Crippen LogP contribution in [0.1, 0.15) is 90.2 Å². The number of carbonyl (C=O) groups excluding carboxylic acids is 1. The number of carbonyl (C=O) groups is 1. The number of benzene rings is 1. The summed E-state index contributed by atoms with van der Waals surface area (Å²) in [5, 5.41) is 3.26. The van der Waals surface area contributed by atoms with Gasteiger partial charge in [-0.1, -0.05) is 72.6 Å². The molecule has 0 aromatic heterocycles. The maximum absolute atomic E-state index is 12.7. The summed E-state index contributed by atoms with van der Waals surface area (Å²) in [6.45, 7) is 13.0. The predicted octanol–water partition coefficient (Wildman–Crippen LogP) is 6.09. The van der Waals surface area contributed by atoms with Gasteiger partial charge in [0.25, 0.3) is 0 Å². The lowest BCUT2D eigenvalue weighted by atomic mass is 9.91. The highest BCUT2D eigenvalue weighted by Gasteiger charge is 2.20. The van der Waals surface area contributed by atoms with Crippen LogP contribution >= 0.6 is 0 Å². The number of amides is 1. The molecule has 1 N–H and O–H groups in total. The second-order valence-corrected chi connectivity index (χ2v) is 6.86. The molecule has 1 amide bonds. The Labute approximate surface area is 136 Å². The molecule has 0 aliphatic carbocycles. The van der Waals surface area contributed by atoms with E-state index in [2.05, 4.69) is 65.1 Å². The Hall–Kier alpha value is -1.31. The highest BCUT2D eigenvalue weighted by molar-refractivity contribution is 5.94. The summed E-state index contributed by atoms with van der Waals surface area (Å²) in [5.74, 6) is 1.13. The lowest BCUT2D eigenvalue weighted by Crippen LogP contribution is -2.24. The summed E-state index contributed by atoms with van der Waals surface area (Å²) in [6, 6.07) is 6.38. The van der Waals surface area contributed by atoms with Gasteiger partial charge < -0.3 is 5.32 Å². The lowest BCUT2D eigenvalue weighted by molar-refractivity contribution is -0.120. The van der Waals surface area contributed by atoms with Gasteiger partial charge in [0.05, 0.1) is 0 Å². The summed E-state index contributed by atoms with van der Waals surface area (Å²) in [5.41, 5.74) is 3.53. The van der Waals surface area contributed by atoms with Gasteiger partial charge in [0, 0.05) is 11.6 Å². The van der Waals surface area contributed by atoms with Crippen molar-refractivity contribution in [1.82, 2.24) is 0 Å². The van der Waals surface area contributed by atoms with Crippen molar-refractivity contribution in [2.45, 2.75) is 79.1 Å². The number of rotatable bonds is 8. The first-order valence-corrected chi connectivity index (χ1v) is 8.85. The van der Waals surface area contributed by atoms with Gasteiger partial charge in [0.1, 0.15) is 0 Å². The molecule has 0 aliphatic heterocycles. The molecule has 22 heavy (non-hydrogen) atoms. The highest BCUT2D eigenvalue weighted by atomic mass is 16.1. The largest absolute Gasteiger partial charge is 0.325 e. The van der Waals surface area contributed by atoms with Crippen molar-refractivity contribution in [2.24, 2.45) is 5.92 Å². The normalized spacial score (nSPS) is 12.7. The van der Waals surface area contributed by atoms with Crippen molar-refractivity contribution >= 4 is 11.6 Å². The summed E-state index contributed by atoms with van der Waals surface area (Å²) < 4.78 is 0. The maximum Gasteiger partial charge on any atom is 0.227 e. The Balaban J connectivity index is 3.06. The van der Waals surface area contributed by atoms with Gasteiger partial charge in [-0.3, -0.25) is 4.79 Å². The second-order valence-electron chi connectivity index (χ2n) is 6.86. The molecule has 0 bridgehead atoms. The SMILES string of the molecule is CCCC[C@@H](CC)C(=O)Nc1c(C(C)C)cccc1C(C)C. The number of anilines is 1. The Kier molecular flexibility index (Phi) is 7.64. The lowest BCUT2D eigenvalue weighted by Gasteiger charge is -2.22. The van der Waals surface area contributed by atoms with Crippen LogP contribution in [0.3, 0.4) is 0 Å². The summed E-state index contributed by atoms with van der Waals surface area (Å²) in [7, 11) is 0. The van der Waals surface area contributed by atoms with E-state index in [1.165, 1.54) is 11.1 Å². The van der Waals surface area contributed by atoms with E-state index in [1.807, 2.05) is 0 Å². The molecule has 2 nitrogen and oxygen atoms in total. The molecule has 2 heteroatoms. The van der Waals surface area contributed by atoms with E-state index < -0.39 is 0 Å². The molecular weight excluding hydrogens is 270 g/mol. The molecule has 1 rings (SSSR count). The van der Waals surface area contributed by atoms with Crippen LogP contribution in [0.2, 0.25) is 0 Å². The molecule has 1 aromatic rings. The average Bonchev–Trinajstić information content (AvgIpc) is 2.47. The van der Waals surface area contributed by atoms with Crippen LogP contribution < -0.4 is 5.32 Å². The van der Waals surface area contributed by atoms with Crippen molar-refractivity contribution < 1.29 is 4.79 Å². The minimum absolute atomic E-state index is 0.125. The van der Waals surface area contributed by atoms with E-state index in [0.717, 1.165) is 31.4 Å². The minimum Gasteiger partial charge on any atom is -0.325 e. The third-order valence-corrected chi connectivity index (χ3v) is 4.39. The van der Waals surface area contributed by atoms with Gasteiger partial charge in [-0.25, -0.2) is 0 Å². The van der Waals surface area contributed by atoms with Gasteiger partial charge in [0.2, 0.25) is 5.91 Å². The molecule has 1 aromatic carbocycles. The first kappa shape index (κ1) is 18.7. The van der Waals surface area contributed by atoms with E-state index in [-0.39, 0.29) is 11.8 Å². The molecule has 124 valence electrons. The fraction of sp³-hybridized carbons (Fsp3) is 0.650. The smallest absolute Gasteiger partial charge is 0.227 e. The van der Waals surface area contributed by atoms with Gasteiger partial charge in [-0.15, -0.1) is 0 Å². The molecule has 0 unspecified atom stereocenters.